The first-order valence-electron chi connectivity index (χ1n) is 11.7. The number of carbonyl (C=O) groups excluding carboxylic acids is 1. The Morgan fingerprint density at radius 3 is 2.19 bits per heavy atom. The predicted octanol–water partition coefficient (Wildman–Crippen LogP) is 6.13. The number of rotatable bonds is 10. The first-order chi connectivity index (χ1) is 17.9. The van der Waals surface area contributed by atoms with Gasteiger partial charge in [-0.05, 0) is 66.6 Å². The van der Waals surface area contributed by atoms with Crippen LogP contribution in [0.25, 0.3) is 0 Å². The molecule has 0 saturated heterocycles. The molecule has 0 aliphatic carbocycles. The fourth-order valence-corrected chi connectivity index (χ4v) is 6.03. The number of hydrogen-bond acceptors (Lipinski definition) is 5. The molecule has 0 bridgehead atoms. The van der Waals surface area contributed by atoms with Gasteiger partial charge in [-0.25, -0.2) is 8.42 Å². The van der Waals surface area contributed by atoms with Crippen LogP contribution in [0.4, 0.5) is 11.4 Å². The van der Waals surface area contributed by atoms with Gasteiger partial charge in [-0.1, -0.05) is 54.6 Å². The molecule has 1 amide bonds. The van der Waals surface area contributed by atoms with Gasteiger partial charge < -0.3 is 10.1 Å². The highest BCUT2D eigenvalue weighted by molar-refractivity contribution is 7.98. The lowest BCUT2D eigenvalue weighted by Crippen LogP contribution is -2.38. The van der Waals surface area contributed by atoms with Gasteiger partial charge in [0.15, 0.2) is 0 Å². The highest BCUT2D eigenvalue weighted by Gasteiger charge is 2.29. The van der Waals surface area contributed by atoms with E-state index in [0.717, 1.165) is 21.2 Å². The van der Waals surface area contributed by atoms with Crippen LogP contribution < -0.4 is 14.4 Å². The molecule has 0 unspecified atom stereocenters. The van der Waals surface area contributed by atoms with Gasteiger partial charge >= 0.3 is 0 Å². The van der Waals surface area contributed by atoms with Crippen LogP contribution in [0, 0.1) is 6.92 Å². The second kappa shape index (κ2) is 12.0. The van der Waals surface area contributed by atoms with Crippen molar-refractivity contribution < 1.29 is 17.9 Å². The van der Waals surface area contributed by atoms with Crippen LogP contribution in [-0.4, -0.2) is 28.0 Å². The zero-order chi connectivity index (χ0) is 26.3. The number of sulfonamides is 1. The third-order valence-corrected chi connectivity index (χ3v) is 8.46. The molecule has 190 valence electrons. The summed E-state index contributed by atoms with van der Waals surface area (Å²) in [6.07, 6.45) is 0. The van der Waals surface area contributed by atoms with Crippen LogP contribution in [0.1, 0.15) is 11.1 Å². The van der Waals surface area contributed by atoms with Crippen LogP contribution in [0.15, 0.2) is 113 Å². The maximum absolute atomic E-state index is 13.6. The summed E-state index contributed by atoms with van der Waals surface area (Å²) in [5.74, 6) is 0.696. The summed E-state index contributed by atoms with van der Waals surface area (Å²) in [6.45, 7) is 1.44. The molecule has 37 heavy (non-hydrogen) atoms. The molecular formula is C29H28N2O4S2. The second-order valence-electron chi connectivity index (χ2n) is 8.35. The molecule has 6 nitrogen and oxygen atoms in total. The number of benzene rings is 4. The molecule has 8 heteroatoms. The molecular weight excluding hydrogens is 504 g/mol. The van der Waals surface area contributed by atoms with E-state index in [4.69, 9.17) is 4.74 Å². The number of hydrogen-bond donors (Lipinski definition) is 1. The van der Waals surface area contributed by atoms with Gasteiger partial charge in [0.05, 0.1) is 17.7 Å². The van der Waals surface area contributed by atoms with Crippen molar-refractivity contribution >= 4 is 39.1 Å². The highest BCUT2D eigenvalue weighted by Crippen LogP contribution is 2.33. The molecule has 0 aliphatic heterocycles. The first kappa shape index (κ1) is 26.3. The lowest BCUT2D eigenvalue weighted by atomic mass is 10.2. The molecule has 0 radical (unpaired) electrons. The summed E-state index contributed by atoms with van der Waals surface area (Å²) in [4.78, 5) is 14.4. The van der Waals surface area contributed by atoms with E-state index in [1.807, 2.05) is 55.5 Å². The molecule has 0 saturated carbocycles. The molecule has 0 atom stereocenters. The Kier molecular flexibility index (Phi) is 8.53. The van der Waals surface area contributed by atoms with Gasteiger partial charge in [0.1, 0.15) is 12.3 Å². The molecule has 0 fully saturated rings. The van der Waals surface area contributed by atoms with E-state index in [-0.39, 0.29) is 4.90 Å². The SMILES string of the molecule is COc1ccc(C)cc1N(CC(=O)Nc1ccc(CSc2ccccc2)cc1)S(=O)(=O)c1ccccc1. The number of carbonyl (C=O) groups is 1. The molecule has 4 aromatic rings. The Morgan fingerprint density at radius 2 is 1.54 bits per heavy atom. The number of nitrogens with one attached hydrogen (secondary N) is 1. The third kappa shape index (κ3) is 6.72. The van der Waals surface area contributed by atoms with Crippen molar-refractivity contribution in [2.24, 2.45) is 0 Å². The van der Waals surface area contributed by atoms with Gasteiger partial charge in [0, 0.05) is 16.3 Å². The Bertz CT molecular complexity index is 1440. The smallest absolute Gasteiger partial charge is 0.264 e. The van der Waals surface area contributed by atoms with Gasteiger partial charge in [-0.15, -0.1) is 11.8 Å². The quantitative estimate of drug-likeness (QED) is 0.249. The molecule has 4 rings (SSSR count). The zero-order valence-electron chi connectivity index (χ0n) is 20.6. The Hall–Kier alpha value is -3.75. The van der Waals surface area contributed by atoms with Crippen molar-refractivity contribution in [1.82, 2.24) is 0 Å². The third-order valence-electron chi connectivity index (χ3n) is 5.61. The first-order valence-corrected chi connectivity index (χ1v) is 14.1. The van der Waals surface area contributed by atoms with Crippen LogP contribution in [-0.2, 0) is 20.6 Å². The Labute approximate surface area is 222 Å². The van der Waals surface area contributed by atoms with Crippen LogP contribution >= 0.6 is 11.8 Å². The normalized spacial score (nSPS) is 11.1. The number of thioether (sulfide) groups is 1. The number of aryl methyl sites for hydroxylation is 1. The molecule has 4 aromatic carbocycles. The van der Waals surface area contributed by atoms with Crippen molar-refractivity contribution in [3.05, 3.63) is 114 Å². The number of amides is 1. The number of nitrogens with zero attached hydrogens (tertiary/aromatic N) is 1. The fourth-order valence-electron chi connectivity index (χ4n) is 3.71. The Balaban J connectivity index is 1.53. The summed E-state index contributed by atoms with van der Waals surface area (Å²) in [5.41, 5.74) is 2.85. The van der Waals surface area contributed by atoms with E-state index in [9.17, 15) is 13.2 Å². The van der Waals surface area contributed by atoms with Crippen molar-refractivity contribution in [2.75, 3.05) is 23.3 Å². The van der Waals surface area contributed by atoms with Crippen LogP contribution in [0.5, 0.6) is 5.75 Å². The zero-order valence-corrected chi connectivity index (χ0v) is 22.3. The maximum atomic E-state index is 13.6. The molecule has 1 N–H and O–H groups in total. The maximum Gasteiger partial charge on any atom is 0.264 e. The largest absolute Gasteiger partial charge is 0.495 e. The van der Waals surface area contributed by atoms with Gasteiger partial charge in [0.2, 0.25) is 5.91 Å². The van der Waals surface area contributed by atoms with Crippen LogP contribution in [0.2, 0.25) is 0 Å². The molecule has 0 spiro atoms. The van der Waals surface area contributed by atoms with Gasteiger partial charge in [0.25, 0.3) is 10.0 Å². The summed E-state index contributed by atoms with van der Waals surface area (Å²) in [5, 5.41) is 2.83. The van der Waals surface area contributed by atoms with E-state index in [0.29, 0.717) is 17.1 Å². The average molecular weight is 533 g/mol. The number of anilines is 2. The molecule has 0 heterocycles. The monoisotopic (exact) mass is 532 g/mol. The Morgan fingerprint density at radius 1 is 0.892 bits per heavy atom. The van der Waals surface area contributed by atoms with E-state index in [1.54, 1.807) is 42.1 Å². The van der Waals surface area contributed by atoms with Crippen molar-refractivity contribution in [3.8, 4) is 5.75 Å². The molecule has 0 aliphatic rings. The van der Waals surface area contributed by atoms with Crippen molar-refractivity contribution in [2.45, 2.75) is 22.5 Å². The standard InChI is InChI=1S/C29H28N2O4S2/c1-22-13-18-28(35-2)27(19-22)31(37(33,34)26-11-7-4-8-12-26)20-29(32)30-24-16-14-23(15-17-24)21-36-25-9-5-3-6-10-25/h3-19H,20-21H2,1-2H3,(H,30,32). The van der Waals surface area contributed by atoms with Gasteiger partial charge in [-0.2, -0.15) is 0 Å². The minimum Gasteiger partial charge on any atom is -0.495 e. The van der Waals surface area contributed by atoms with Gasteiger partial charge in [-0.3, -0.25) is 9.10 Å². The van der Waals surface area contributed by atoms with Crippen molar-refractivity contribution in [1.29, 1.82) is 0 Å². The summed E-state index contributed by atoms with van der Waals surface area (Å²) in [6, 6.07) is 31.0. The van der Waals surface area contributed by atoms with E-state index in [1.165, 1.54) is 24.1 Å². The van der Waals surface area contributed by atoms with E-state index >= 15 is 0 Å². The summed E-state index contributed by atoms with van der Waals surface area (Å²) in [7, 11) is -2.57. The van der Waals surface area contributed by atoms with E-state index in [2.05, 4.69) is 17.4 Å². The molecule has 0 aromatic heterocycles. The minimum absolute atomic E-state index is 0.0895. The predicted molar refractivity (Wildman–Crippen MR) is 150 cm³/mol. The lowest BCUT2D eigenvalue weighted by Gasteiger charge is -2.26. The minimum atomic E-state index is -4.04. The summed E-state index contributed by atoms with van der Waals surface area (Å²) >= 11 is 1.73. The average Bonchev–Trinajstić information content (AvgIpc) is 2.92. The van der Waals surface area contributed by atoms with Crippen molar-refractivity contribution in [3.63, 3.8) is 0 Å². The van der Waals surface area contributed by atoms with Crippen LogP contribution in [0.3, 0.4) is 0 Å². The number of ether oxygens (including phenoxy) is 1. The lowest BCUT2D eigenvalue weighted by molar-refractivity contribution is -0.114. The second-order valence-corrected chi connectivity index (χ2v) is 11.3. The summed E-state index contributed by atoms with van der Waals surface area (Å²) < 4.78 is 33.8. The highest BCUT2D eigenvalue weighted by atomic mass is 32.2. The fraction of sp³-hybridized carbons (Fsp3) is 0.138. The number of methoxy groups -OCH3 is 1. The topological polar surface area (TPSA) is 75.7 Å². The van der Waals surface area contributed by atoms with E-state index < -0.39 is 22.5 Å².